The molecule has 0 saturated heterocycles. The normalized spacial score (nSPS) is 18.4. The Morgan fingerprint density at radius 1 is 1.31 bits per heavy atom. The Bertz CT molecular complexity index is 838. The van der Waals surface area contributed by atoms with Crippen molar-refractivity contribution in [1.29, 1.82) is 0 Å². The van der Waals surface area contributed by atoms with E-state index < -0.39 is 0 Å². The molecule has 0 radical (unpaired) electrons. The minimum Gasteiger partial charge on any atom is -0.394 e. The van der Waals surface area contributed by atoms with Crippen LogP contribution in [-0.4, -0.2) is 33.3 Å². The van der Waals surface area contributed by atoms with Gasteiger partial charge in [0.15, 0.2) is 0 Å². The van der Waals surface area contributed by atoms with Gasteiger partial charge in [-0.3, -0.25) is 10.2 Å². The van der Waals surface area contributed by atoms with E-state index in [4.69, 9.17) is 11.6 Å². The molecule has 1 aliphatic carbocycles. The number of anilines is 3. The molecule has 1 aliphatic heterocycles. The molecule has 0 atom stereocenters. The van der Waals surface area contributed by atoms with E-state index in [1.807, 2.05) is 12.1 Å². The number of benzene rings is 1. The molecule has 0 unspecified atom stereocenters. The largest absolute Gasteiger partial charge is 0.394 e. The summed E-state index contributed by atoms with van der Waals surface area (Å²) in [6, 6.07) is 6.92. The smallest absolute Gasteiger partial charge is 0.327 e. The van der Waals surface area contributed by atoms with Gasteiger partial charge in [-0.05, 0) is 25.0 Å². The molecule has 136 valence electrons. The zero-order chi connectivity index (χ0) is 18.1. The number of urea groups is 1. The van der Waals surface area contributed by atoms with Crippen molar-refractivity contribution in [2.45, 2.75) is 37.8 Å². The molecular formula is C18H20ClN5O2. The van der Waals surface area contributed by atoms with Gasteiger partial charge in [-0.25, -0.2) is 9.78 Å². The third-order valence-corrected chi connectivity index (χ3v) is 5.37. The van der Waals surface area contributed by atoms with Crippen LogP contribution in [0.4, 0.5) is 22.2 Å². The minimum absolute atomic E-state index is 0.0418. The van der Waals surface area contributed by atoms with Crippen molar-refractivity contribution in [3.8, 4) is 0 Å². The number of para-hydroxylation sites is 1. The summed E-state index contributed by atoms with van der Waals surface area (Å²) in [7, 11) is 0. The number of carbonyl (C=O) groups is 1. The maximum Gasteiger partial charge on any atom is 0.327 e. The van der Waals surface area contributed by atoms with Crippen molar-refractivity contribution in [2.75, 3.05) is 22.1 Å². The maximum atomic E-state index is 12.5. The first-order valence-electron chi connectivity index (χ1n) is 8.68. The number of amides is 2. The van der Waals surface area contributed by atoms with Crippen LogP contribution in [0, 0.1) is 0 Å². The van der Waals surface area contributed by atoms with Gasteiger partial charge in [0.05, 0.1) is 29.4 Å². The second-order valence-electron chi connectivity index (χ2n) is 6.81. The van der Waals surface area contributed by atoms with Crippen LogP contribution in [0.15, 0.2) is 30.5 Å². The van der Waals surface area contributed by atoms with E-state index in [1.165, 1.54) is 0 Å². The minimum atomic E-state index is -0.365. The van der Waals surface area contributed by atoms with Crippen molar-refractivity contribution in [3.63, 3.8) is 0 Å². The summed E-state index contributed by atoms with van der Waals surface area (Å²) >= 11 is 6.22. The fraction of sp³-hybridized carbons (Fsp3) is 0.389. The van der Waals surface area contributed by atoms with E-state index in [1.54, 1.807) is 23.2 Å². The molecule has 2 aliphatic rings. The summed E-state index contributed by atoms with van der Waals surface area (Å²) in [5, 5.41) is 16.3. The van der Waals surface area contributed by atoms with Crippen LogP contribution >= 0.6 is 11.6 Å². The van der Waals surface area contributed by atoms with Crippen LogP contribution in [0.25, 0.3) is 0 Å². The second-order valence-corrected chi connectivity index (χ2v) is 7.21. The lowest BCUT2D eigenvalue weighted by Gasteiger charge is -2.31. The number of aliphatic hydroxyl groups excluding tert-OH is 1. The Labute approximate surface area is 156 Å². The van der Waals surface area contributed by atoms with Gasteiger partial charge in [0.2, 0.25) is 5.95 Å². The predicted molar refractivity (Wildman–Crippen MR) is 101 cm³/mol. The lowest BCUT2D eigenvalue weighted by molar-refractivity contribution is 0.213. The molecule has 1 fully saturated rings. The van der Waals surface area contributed by atoms with E-state index in [0.717, 1.165) is 31.2 Å². The Balaban J connectivity index is 1.58. The molecule has 1 aromatic heterocycles. The molecule has 2 amide bonds. The van der Waals surface area contributed by atoms with E-state index >= 15 is 0 Å². The number of halogens is 1. The van der Waals surface area contributed by atoms with Gasteiger partial charge in [0.1, 0.15) is 5.82 Å². The van der Waals surface area contributed by atoms with Crippen LogP contribution in [0.2, 0.25) is 5.02 Å². The van der Waals surface area contributed by atoms with Crippen LogP contribution in [0.5, 0.6) is 0 Å². The number of rotatable bonds is 4. The van der Waals surface area contributed by atoms with Crippen LogP contribution in [-0.2, 0) is 6.54 Å². The number of aromatic nitrogens is 2. The van der Waals surface area contributed by atoms with Crippen molar-refractivity contribution in [2.24, 2.45) is 0 Å². The molecule has 0 bridgehead atoms. The molecule has 1 aromatic carbocycles. The van der Waals surface area contributed by atoms with E-state index in [9.17, 15) is 9.90 Å². The van der Waals surface area contributed by atoms with Crippen LogP contribution in [0.1, 0.15) is 31.2 Å². The Morgan fingerprint density at radius 3 is 2.81 bits per heavy atom. The molecule has 4 rings (SSSR count). The van der Waals surface area contributed by atoms with Gasteiger partial charge in [-0.1, -0.05) is 36.6 Å². The topological polar surface area (TPSA) is 90.4 Å². The van der Waals surface area contributed by atoms with E-state index in [-0.39, 0.29) is 18.2 Å². The number of fused-ring (bicyclic) bond motifs is 1. The van der Waals surface area contributed by atoms with Crippen molar-refractivity contribution < 1.29 is 9.90 Å². The predicted octanol–water partition coefficient (Wildman–Crippen LogP) is 3.40. The first-order valence-corrected chi connectivity index (χ1v) is 9.06. The fourth-order valence-corrected chi connectivity index (χ4v) is 3.82. The molecule has 2 aromatic rings. The fourth-order valence-electron chi connectivity index (χ4n) is 3.58. The highest BCUT2D eigenvalue weighted by Crippen LogP contribution is 2.34. The van der Waals surface area contributed by atoms with Gasteiger partial charge in [-0.2, -0.15) is 4.98 Å². The SMILES string of the molecule is O=C1Nc2nc(NC3(CO)CCCC3)ncc2CN1c1ccccc1Cl. The third-order valence-electron chi connectivity index (χ3n) is 5.05. The zero-order valence-corrected chi connectivity index (χ0v) is 15.0. The number of aliphatic hydroxyl groups is 1. The summed E-state index contributed by atoms with van der Waals surface area (Å²) in [5.74, 6) is 0.910. The van der Waals surface area contributed by atoms with Crippen molar-refractivity contribution in [1.82, 2.24) is 9.97 Å². The number of nitrogens with one attached hydrogen (secondary N) is 2. The average molecular weight is 374 g/mol. The maximum absolute atomic E-state index is 12.5. The Morgan fingerprint density at radius 2 is 2.08 bits per heavy atom. The average Bonchev–Trinajstić information content (AvgIpc) is 3.11. The molecule has 3 N–H and O–H groups in total. The monoisotopic (exact) mass is 373 g/mol. The molecule has 7 nitrogen and oxygen atoms in total. The van der Waals surface area contributed by atoms with Crippen molar-refractivity contribution in [3.05, 3.63) is 41.0 Å². The lowest BCUT2D eigenvalue weighted by atomic mass is 9.99. The van der Waals surface area contributed by atoms with Crippen LogP contribution in [0.3, 0.4) is 0 Å². The number of nitrogens with zero attached hydrogens (tertiary/aromatic N) is 3. The molecule has 2 heterocycles. The number of hydrogen-bond acceptors (Lipinski definition) is 5. The van der Waals surface area contributed by atoms with Crippen molar-refractivity contribution >= 4 is 35.1 Å². The van der Waals surface area contributed by atoms with Gasteiger partial charge in [-0.15, -0.1) is 0 Å². The summed E-state index contributed by atoms with van der Waals surface area (Å²) < 4.78 is 0. The summed E-state index contributed by atoms with van der Waals surface area (Å²) in [4.78, 5) is 22.9. The number of hydrogen-bond donors (Lipinski definition) is 3. The van der Waals surface area contributed by atoms with Crippen LogP contribution < -0.4 is 15.5 Å². The highest BCUT2D eigenvalue weighted by Gasteiger charge is 2.34. The van der Waals surface area contributed by atoms with Gasteiger partial charge in [0, 0.05) is 11.8 Å². The molecule has 26 heavy (non-hydrogen) atoms. The van der Waals surface area contributed by atoms with E-state index in [2.05, 4.69) is 20.6 Å². The summed E-state index contributed by atoms with van der Waals surface area (Å²) in [6.45, 7) is 0.385. The lowest BCUT2D eigenvalue weighted by Crippen LogP contribution is -2.41. The van der Waals surface area contributed by atoms with Gasteiger partial charge < -0.3 is 10.4 Å². The highest BCUT2D eigenvalue weighted by atomic mass is 35.5. The summed E-state index contributed by atoms with van der Waals surface area (Å²) in [6.07, 6.45) is 5.62. The molecule has 1 saturated carbocycles. The standard InChI is InChI=1S/C18H20ClN5O2/c19-13-5-1-2-6-14(13)24-10-12-9-20-16(21-15(12)22-17(24)26)23-18(11-25)7-3-4-8-18/h1-2,5-6,9,25H,3-4,7-8,10-11H2,(H2,20,21,22,23,26). The van der Waals surface area contributed by atoms with Gasteiger partial charge >= 0.3 is 6.03 Å². The zero-order valence-electron chi connectivity index (χ0n) is 14.2. The molecule has 0 spiro atoms. The second kappa shape index (κ2) is 6.74. The summed E-state index contributed by atoms with van der Waals surface area (Å²) in [5.41, 5.74) is 1.08. The Kier molecular flexibility index (Phi) is 4.42. The first kappa shape index (κ1) is 17.1. The molecule has 8 heteroatoms. The first-order chi connectivity index (χ1) is 12.6. The van der Waals surface area contributed by atoms with Gasteiger partial charge in [0.25, 0.3) is 0 Å². The van der Waals surface area contributed by atoms with E-state index in [0.29, 0.717) is 29.0 Å². The quantitative estimate of drug-likeness (QED) is 0.764. The Hall–Kier alpha value is -2.38. The highest BCUT2D eigenvalue weighted by molar-refractivity contribution is 6.34. The third kappa shape index (κ3) is 3.08. The molecular weight excluding hydrogens is 354 g/mol. The number of carbonyl (C=O) groups excluding carboxylic acids is 1.